The van der Waals surface area contributed by atoms with E-state index in [1.807, 2.05) is 36.5 Å². The standard InChI is InChI=1S/C26H23F3N4O2/c27-26(28,29)19-7-4-8-20(15-19)33-16-21(18-5-2-1-3-6-18)22-23(30-17-31-24(22)33)32-11-9-25(10-12-32)34-13-14-35-25/h1-8,15-17H,9-14H2. The third-order valence-corrected chi connectivity index (χ3v) is 6.74. The first kappa shape index (κ1) is 22.1. The number of anilines is 1. The van der Waals surface area contributed by atoms with Crippen LogP contribution in [-0.4, -0.2) is 46.6 Å². The Bertz CT molecular complexity index is 1350. The van der Waals surface area contributed by atoms with Crippen LogP contribution in [0.3, 0.4) is 0 Å². The lowest BCUT2D eigenvalue weighted by atomic mass is 10.0. The summed E-state index contributed by atoms with van der Waals surface area (Å²) < 4.78 is 53.8. The van der Waals surface area contributed by atoms with Crippen LogP contribution in [0.4, 0.5) is 19.0 Å². The maximum atomic E-state index is 13.4. The smallest absolute Gasteiger partial charge is 0.356 e. The average Bonchev–Trinajstić information content (AvgIpc) is 3.50. The Labute approximate surface area is 199 Å². The zero-order chi connectivity index (χ0) is 24.0. The maximum absolute atomic E-state index is 13.4. The van der Waals surface area contributed by atoms with Crippen LogP contribution >= 0.6 is 0 Å². The fourth-order valence-electron chi connectivity index (χ4n) is 5.00. The van der Waals surface area contributed by atoms with Gasteiger partial charge in [0.05, 0.1) is 24.2 Å². The monoisotopic (exact) mass is 480 g/mol. The number of nitrogens with zero attached hydrogens (tertiary/aromatic N) is 4. The van der Waals surface area contributed by atoms with Gasteiger partial charge in [-0.1, -0.05) is 36.4 Å². The summed E-state index contributed by atoms with van der Waals surface area (Å²) in [6.07, 6.45) is 0.322. The van der Waals surface area contributed by atoms with Gasteiger partial charge in [0, 0.05) is 43.4 Å². The van der Waals surface area contributed by atoms with Crippen molar-refractivity contribution in [2.75, 3.05) is 31.2 Å². The molecule has 0 N–H and O–H groups in total. The molecule has 4 aromatic rings. The van der Waals surface area contributed by atoms with Crippen molar-refractivity contribution in [3.05, 3.63) is 72.7 Å². The van der Waals surface area contributed by atoms with E-state index < -0.39 is 17.5 Å². The highest BCUT2D eigenvalue weighted by Crippen LogP contribution is 2.40. The number of rotatable bonds is 3. The predicted molar refractivity (Wildman–Crippen MR) is 125 cm³/mol. The number of hydrogen-bond acceptors (Lipinski definition) is 5. The molecule has 0 radical (unpaired) electrons. The van der Waals surface area contributed by atoms with Crippen LogP contribution in [0.25, 0.3) is 27.8 Å². The maximum Gasteiger partial charge on any atom is 0.416 e. The van der Waals surface area contributed by atoms with E-state index in [-0.39, 0.29) is 0 Å². The van der Waals surface area contributed by atoms with E-state index in [0.29, 0.717) is 50.5 Å². The van der Waals surface area contributed by atoms with Crippen LogP contribution in [-0.2, 0) is 15.7 Å². The largest absolute Gasteiger partial charge is 0.416 e. The van der Waals surface area contributed by atoms with Gasteiger partial charge in [-0.15, -0.1) is 0 Å². The van der Waals surface area contributed by atoms with Gasteiger partial charge in [-0.2, -0.15) is 13.2 Å². The minimum atomic E-state index is -4.44. The van der Waals surface area contributed by atoms with E-state index in [4.69, 9.17) is 9.47 Å². The fourth-order valence-corrected chi connectivity index (χ4v) is 5.00. The Balaban J connectivity index is 1.49. The Morgan fingerprint density at radius 3 is 2.34 bits per heavy atom. The highest BCUT2D eigenvalue weighted by Gasteiger charge is 2.40. The highest BCUT2D eigenvalue weighted by atomic mass is 19.4. The SMILES string of the molecule is FC(F)(F)c1cccc(-n2cc(-c3ccccc3)c3c(N4CCC5(CC4)OCCO5)ncnc32)c1. The average molecular weight is 480 g/mol. The molecule has 2 aliphatic heterocycles. The summed E-state index contributed by atoms with van der Waals surface area (Å²) in [5.41, 5.74) is 2.05. The minimum Gasteiger partial charge on any atom is -0.356 e. The lowest BCUT2D eigenvalue weighted by molar-refractivity contribution is -0.169. The summed E-state index contributed by atoms with van der Waals surface area (Å²) in [6, 6.07) is 15.1. The summed E-state index contributed by atoms with van der Waals surface area (Å²) in [5.74, 6) is 0.238. The molecule has 1 spiro atoms. The van der Waals surface area contributed by atoms with E-state index in [0.717, 1.165) is 34.5 Å². The highest BCUT2D eigenvalue weighted by molar-refractivity contribution is 6.02. The summed E-state index contributed by atoms with van der Waals surface area (Å²) in [4.78, 5) is 11.3. The van der Waals surface area contributed by atoms with Crippen molar-refractivity contribution in [3.63, 3.8) is 0 Å². The number of benzene rings is 2. The number of halogens is 3. The second-order valence-corrected chi connectivity index (χ2v) is 8.82. The van der Waals surface area contributed by atoms with Crippen molar-refractivity contribution in [2.45, 2.75) is 24.8 Å². The number of piperidine rings is 1. The molecule has 4 heterocycles. The lowest BCUT2D eigenvalue weighted by Gasteiger charge is -2.38. The van der Waals surface area contributed by atoms with Crippen molar-refractivity contribution in [3.8, 4) is 16.8 Å². The topological polar surface area (TPSA) is 52.4 Å². The molecule has 6 nitrogen and oxygen atoms in total. The minimum absolute atomic E-state index is 0.391. The van der Waals surface area contributed by atoms with Crippen LogP contribution in [0.5, 0.6) is 0 Å². The van der Waals surface area contributed by atoms with Crippen LogP contribution < -0.4 is 4.90 Å². The molecule has 35 heavy (non-hydrogen) atoms. The molecule has 0 unspecified atom stereocenters. The summed E-state index contributed by atoms with van der Waals surface area (Å²) in [6.45, 7) is 2.59. The Kier molecular flexibility index (Phi) is 5.26. The van der Waals surface area contributed by atoms with E-state index in [9.17, 15) is 13.2 Å². The molecule has 0 atom stereocenters. The van der Waals surface area contributed by atoms with Gasteiger partial charge in [-0.25, -0.2) is 9.97 Å². The normalized spacial score (nSPS) is 18.0. The second kappa shape index (κ2) is 8.35. The van der Waals surface area contributed by atoms with Gasteiger partial charge >= 0.3 is 6.18 Å². The van der Waals surface area contributed by atoms with Crippen molar-refractivity contribution in [2.24, 2.45) is 0 Å². The molecule has 0 aliphatic carbocycles. The predicted octanol–water partition coefficient (Wildman–Crippen LogP) is 5.45. The number of aromatic nitrogens is 3. The second-order valence-electron chi connectivity index (χ2n) is 8.82. The van der Waals surface area contributed by atoms with Gasteiger partial charge in [0.15, 0.2) is 11.4 Å². The fraction of sp³-hybridized carbons (Fsp3) is 0.308. The molecule has 6 rings (SSSR count). The van der Waals surface area contributed by atoms with E-state index in [2.05, 4.69) is 14.9 Å². The van der Waals surface area contributed by atoms with Crippen LogP contribution in [0, 0.1) is 0 Å². The first-order valence-electron chi connectivity index (χ1n) is 11.6. The molecular weight excluding hydrogens is 457 g/mol. The van der Waals surface area contributed by atoms with E-state index in [1.165, 1.54) is 12.4 Å². The number of alkyl halides is 3. The Hall–Kier alpha value is -3.43. The third-order valence-electron chi connectivity index (χ3n) is 6.74. The first-order chi connectivity index (χ1) is 16.9. The van der Waals surface area contributed by atoms with Crippen molar-refractivity contribution < 1.29 is 22.6 Å². The molecule has 9 heteroatoms. The van der Waals surface area contributed by atoms with Crippen LogP contribution in [0.2, 0.25) is 0 Å². The molecule has 0 amide bonds. The zero-order valence-corrected chi connectivity index (χ0v) is 18.8. The summed E-state index contributed by atoms with van der Waals surface area (Å²) in [7, 11) is 0. The van der Waals surface area contributed by atoms with Gasteiger partial charge in [0.1, 0.15) is 12.1 Å². The van der Waals surface area contributed by atoms with Crippen LogP contribution in [0.1, 0.15) is 18.4 Å². The summed E-state index contributed by atoms with van der Waals surface area (Å²) >= 11 is 0. The molecule has 2 saturated heterocycles. The molecule has 0 saturated carbocycles. The van der Waals surface area contributed by atoms with Gasteiger partial charge < -0.3 is 18.9 Å². The Morgan fingerprint density at radius 1 is 0.886 bits per heavy atom. The summed E-state index contributed by atoms with van der Waals surface area (Å²) in [5, 5.41) is 0.806. The first-order valence-corrected chi connectivity index (χ1v) is 11.6. The van der Waals surface area contributed by atoms with Crippen LogP contribution in [0.15, 0.2) is 67.1 Å². The quantitative estimate of drug-likeness (QED) is 0.390. The van der Waals surface area contributed by atoms with Gasteiger partial charge in [0.2, 0.25) is 0 Å². The number of hydrogen-bond donors (Lipinski definition) is 0. The Morgan fingerprint density at radius 2 is 1.63 bits per heavy atom. The molecule has 2 fully saturated rings. The molecule has 2 aromatic heterocycles. The third kappa shape index (κ3) is 3.94. The van der Waals surface area contributed by atoms with Crippen molar-refractivity contribution in [1.82, 2.24) is 14.5 Å². The molecular formula is C26H23F3N4O2. The molecule has 2 aliphatic rings. The molecule has 2 aromatic carbocycles. The number of ether oxygens (including phenoxy) is 2. The zero-order valence-electron chi connectivity index (χ0n) is 18.8. The van der Waals surface area contributed by atoms with Gasteiger partial charge in [-0.3, -0.25) is 0 Å². The van der Waals surface area contributed by atoms with E-state index in [1.54, 1.807) is 10.6 Å². The van der Waals surface area contributed by atoms with Gasteiger partial charge in [0.25, 0.3) is 0 Å². The van der Waals surface area contributed by atoms with Crippen molar-refractivity contribution in [1.29, 1.82) is 0 Å². The van der Waals surface area contributed by atoms with E-state index >= 15 is 0 Å². The molecule has 0 bridgehead atoms. The van der Waals surface area contributed by atoms with Crippen molar-refractivity contribution >= 4 is 16.9 Å². The number of fused-ring (bicyclic) bond motifs is 1. The van der Waals surface area contributed by atoms with Gasteiger partial charge in [-0.05, 0) is 23.8 Å². The lowest BCUT2D eigenvalue weighted by Crippen LogP contribution is -2.45. The molecule has 180 valence electrons.